The molecule has 0 aliphatic rings. The van der Waals surface area contributed by atoms with Crippen molar-refractivity contribution >= 4 is 29.7 Å². The van der Waals surface area contributed by atoms with Gasteiger partial charge in [-0.3, -0.25) is 9.59 Å². The summed E-state index contributed by atoms with van der Waals surface area (Å²) in [5, 5.41) is 14.1. The van der Waals surface area contributed by atoms with E-state index in [1.54, 1.807) is 12.1 Å². The van der Waals surface area contributed by atoms with Crippen molar-refractivity contribution in [3.8, 4) is 0 Å². The monoisotopic (exact) mass is 392 g/mol. The van der Waals surface area contributed by atoms with E-state index >= 15 is 0 Å². The predicted octanol–water partition coefficient (Wildman–Crippen LogP) is 1.73. The van der Waals surface area contributed by atoms with Crippen molar-refractivity contribution in [3.05, 3.63) is 24.3 Å². The van der Waals surface area contributed by atoms with Crippen LogP contribution in [0.25, 0.3) is 0 Å². The van der Waals surface area contributed by atoms with Gasteiger partial charge in [-0.2, -0.15) is 0 Å². The molecule has 8 heteroatoms. The number of carbonyl (C=O) groups excluding carboxylic acids is 3. The van der Waals surface area contributed by atoms with E-state index < -0.39 is 23.4 Å². The van der Waals surface area contributed by atoms with Gasteiger partial charge in [0.15, 0.2) is 0 Å². The summed E-state index contributed by atoms with van der Waals surface area (Å²) in [6, 6.07) is 5.54. The first-order valence-electron chi connectivity index (χ1n) is 9.41. The second-order valence-electron chi connectivity index (χ2n) is 7.65. The molecule has 0 fully saturated rings. The minimum Gasteiger partial charge on any atom is -0.395 e. The number of para-hydroxylation sites is 2. The van der Waals surface area contributed by atoms with Crippen molar-refractivity contribution < 1.29 is 19.5 Å². The second-order valence-corrected chi connectivity index (χ2v) is 7.65. The van der Waals surface area contributed by atoms with Gasteiger partial charge in [-0.25, -0.2) is 9.69 Å². The molecule has 0 aliphatic heterocycles. The molecule has 1 aromatic carbocycles. The zero-order valence-corrected chi connectivity index (χ0v) is 17.4. The second kappa shape index (κ2) is 10.7. The van der Waals surface area contributed by atoms with Crippen LogP contribution in [-0.2, 0) is 9.59 Å². The van der Waals surface area contributed by atoms with Gasteiger partial charge in [-0.05, 0) is 24.0 Å². The maximum atomic E-state index is 12.9. The van der Waals surface area contributed by atoms with Crippen molar-refractivity contribution in [2.75, 3.05) is 36.5 Å². The number of aliphatic hydroxyl groups is 1. The quantitative estimate of drug-likeness (QED) is 0.556. The van der Waals surface area contributed by atoms with E-state index in [0.717, 1.165) is 23.6 Å². The van der Waals surface area contributed by atoms with Crippen LogP contribution in [0.3, 0.4) is 0 Å². The Bertz CT molecular complexity index is 672. The van der Waals surface area contributed by atoms with Crippen LogP contribution in [-0.4, -0.2) is 56.2 Å². The van der Waals surface area contributed by atoms with Gasteiger partial charge in [0.1, 0.15) is 6.04 Å². The Balaban J connectivity index is 3.14. The standard InChI is InChI=1S/C20H32N4O4/c1-6-12-23(5)15-9-7-8-10-16(15)24(14-26)19(28)22-17(20(2,3)4)18(27)21-11-13-25/h7-10,14,17,25H,6,11-13H2,1-5H3,(H,21,27)(H,22,28)/t17-/m1/s1. The lowest BCUT2D eigenvalue weighted by Crippen LogP contribution is -2.56. The highest BCUT2D eigenvalue weighted by Crippen LogP contribution is 2.28. The summed E-state index contributed by atoms with van der Waals surface area (Å²) < 4.78 is 0. The molecule has 0 aromatic heterocycles. The molecule has 1 rings (SSSR count). The first-order valence-corrected chi connectivity index (χ1v) is 9.41. The Morgan fingerprint density at radius 2 is 1.82 bits per heavy atom. The molecule has 0 unspecified atom stereocenters. The maximum Gasteiger partial charge on any atom is 0.329 e. The molecule has 3 N–H and O–H groups in total. The summed E-state index contributed by atoms with van der Waals surface area (Å²) in [5.41, 5.74) is 0.584. The van der Waals surface area contributed by atoms with Crippen LogP contribution in [0.1, 0.15) is 34.1 Å². The highest BCUT2D eigenvalue weighted by Gasteiger charge is 2.34. The van der Waals surface area contributed by atoms with Gasteiger partial charge in [-0.1, -0.05) is 39.8 Å². The number of amides is 4. The van der Waals surface area contributed by atoms with Crippen molar-refractivity contribution in [2.45, 2.75) is 40.2 Å². The number of nitrogens with zero attached hydrogens (tertiary/aromatic N) is 2. The fourth-order valence-electron chi connectivity index (χ4n) is 2.81. The summed E-state index contributed by atoms with van der Waals surface area (Å²) in [4.78, 5) is 40.0. The molecule has 0 saturated heterocycles. The molecule has 8 nitrogen and oxygen atoms in total. The SMILES string of the molecule is CCCN(C)c1ccccc1N(C=O)C(=O)N[C@H](C(=O)NCCO)C(C)(C)C. The lowest BCUT2D eigenvalue weighted by Gasteiger charge is -2.32. The zero-order chi connectivity index (χ0) is 21.3. The van der Waals surface area contributed by atoms with Crippen LogP contribution in [0.15, 0.2) is 24.3 Å². The molecule has 0 heterocycles. The molecule has 1 aromatic rings. The number of nitrogens with one attached hydrogen (secondary N) is 2. The predicted molar refractivity (Wildman–Crippen MR) is 110 cm³/mol. The van der Waals surface area contributed by atoms with E-state index in [-0.39, 0.29) is 13.2 Å². The van der Waals surface area contributed by atoms with E-state index in [1.165, 1.54) is 0 Å². The van der Waals surface area contributed by atoms with Gasteiger partial charge in [0.05, 0.1) is 18.0 Å². The molecular formula is C20H32N4O4. The molecule has 1 atom stereocenters. The largest absolute Gasteiger partial charge is 0.395 e. The van der Waals surface area contributed by atoms with Gasteiger partial charge in [0, 0.05) is 20.1 Å². The molecule has 0 aliphatic carbocycles. The van der Waals surface area contributed by atoms with E-state index in [0.29, 0.717) is 12.1 Å². The molecule has 0 bridgehead atoms. The summed E-state index contributed by atoms with van der Waals surface area (Å²) in [7, 11) is 1.89. The van der Waals surface area contributed by atoms with Crippen LogP contribution < -0.4 is 20.4 Å². The molecule has 0 saturated carbocycles. The number of urea groups is 1. The minimum atomic E-state index is -0.880. The van der Waals surface area contributed by atoms with Crippen LogP contribution in [0.5, 0.6) is 0 Å². The average molecular weight is 393 g/mol. The summed E-state index contributed by atoms with van der Waals surface area (Å²) >= 11 is 0. The van der Waals surface area contributed by atoms with Gasteiger partial charge in [-0.15, -0.1) is 0 Å². The van der Waals surface area contributed by atoms with Crippen molar-refractivity contribution in [3.63, 3.8) is 0 Å². The van der Waals surface area contributed by atoms with Crippen molar-refractivity contribution in [1.29, 1.82) is 0 Å². The number of rotatable bonds is 9. The van der Waals surface area contributed by atoms with Gasteiger partial charge < -0.3 is 20.6 Å². The number of aliphatic hydroxyl groups excluding tert-OH is 1. The van der Waals surface area contributed by atoms with E-state index in [4.69, 9.17) is 5.11 Å². The Morgan fingerprint density at radius 1 is 1.21 bits per heavy atom. The molecule has 28 heavy (non-hydrogen) atoms. The van der Waals surface area contributed by atoms with Crippen LogP contribution >= 0.6 is 0 Å². The average Bonchev–Trinajstić information content (AvgIpc) is 2.64. The third kappa shape index (κ3) is 6.23. The van der Waals surface area contributed by atoms with Crippen molar-refractivity contribution in [2.24, 2.45) is 5.41 Å². The highest BCUT2D eigenvalue weighted by atomic mass is 16.3. The van der Waals surface area contributed by atoms with E-state index in [2.05, 4.69) is 10.6 Å². The number of hydrogen-bond donors (Lipinski definition) is 3. The normalized spacial score (nSPS) is 12.1. The van der Waals surface area contributed by atoms with E-state index in [1.807, 2.05) is 51.8 Å². The Morgan fingerprint density at radius 3 is 2.32 bits per heavy atom. The van der Waals surface area contributed by atoms with Crippen LogP contribution in [0, 0.1) is 5.41 Å². The fraction of sp³-hybridized carbons (Fsp3) is 0.550. The molecule has 156 valence electrons. The first-order chi connectivity index (χ1) is 13.2. The Labute approximate surface area is 166 Å². The maximum absolute atomic E-state index is 12.9. The Hall–Kier alpha value is -2.61. The third-order valence-electron chi connectivity index (χ3n) is 4.24. The topological polar surface area (TPSA) is 102 Å². The molecule has 0 spiro atoms. The van der Waals surface area contributed by atoms with Crippen LogP contribution in [0.4, 0.5) is 16.2 Å². The lowest BCUT2D eigenvalue weighted by atomic mass is 9.86. The van der Waals surface area contributed by atoms with Gasteiger partial charge >= 0.3 is 6.03 Å². The Kier molecular flexibility index (Phi) is 8.91. The number of hydrogen-bond acceptors (Lipinski definition) is 5. The first kappa shape index (κ1) is 23.4. The molecular weight excluding hydrogens is 360 g/mol. The van der Waals surface area contributed by atoms with Crippen molar-refractivity contribution in [1.82, 2.24) is 10.6 Å². The number of carbonyl (C=O) groups is 3. The van der Waals surface area contributed by atoms with Gasteiger partial charge in [0.25, 0.3) is 0 Å². The number of anilines is 2. The smallest absolute Gasteiger partial charge is 0.329 e. The number of imide groups is 1. The van der Waals surface area contributed by atoms with Gasteiger partial charge in [0.2, 0.25) is 12.3 Å². The third-order valence-corrected chi connectivity index (χ3v) is 4.24. The highest BCUT2D eigenvalue weighted by molar-refractivity contribution is 6.09. The zero-order valence-electron chi connectivity index (χ0n) is 17.4. The summed E-state index contributed by atoms with van der Waals surface area (Å²) in [6.07, 6.45) is 1.36. The lowest BCUT2D eigenvalue weighted by molar-refractivity contribution is -0.125. The molecule has 0 radical (unpaired) electrons. The summed E-state index contributed by atoms with van der Waals surface area (Å²) in [5.74, 6) is -0.419. The number of benzene rings is 1. The van der Waals surface area contributed by atoms with E-state index in [9.17, 15) is 14.4 Å². The van der Waals surface area contributed by atoms with Crippen LogP contribution in [0.2, 0.25) is 0 Å². The fourth-order valence-corrected chi connectivity index (χ4v) is 2.81. The summed E-state index contributed by atoms with van der Waals surface area (Å²) in [6.45, 7) is 8.12. The minimum absolute atomic E-state index is 0.0866. The molecule has 4 amide bonds.